The predicted octanol–water partition coefficient (Wildman–Crippen LogP) is 34.4. The highest BCUT2D eigenvalue weighted by molar-refractivity contribution is 6.06. The van der Waals surface area contributed by atoms with Crippen LogP contribution in [0.5, 0.6) is 0 Å². The van der Waals surface area contributed by atoms with Gasteiger partial charge in [-0.15, -0.1) is 0 Å². The number of nitrogens with zero attached hydrogens (tertiary/aromatic N) is 2. The first-order chi connectivity index (χ1) is 68.5. The van der Waals surface area contributed by atoms with Crippen molar-refractivity contribution in [2.24, 2.45) is 0 Å². The molecule has 22 aromatic carbocycles. The Kier molecular flexibility index (Phi) is 17.8. The molecule has 2 heteroatoms. The van der Waals surface area contributed by atoms with Crippen molar-refractivity contribution in [1.29, 1.82) is 0 Å². The number of anilines is 6. The summed E-state index contributed by atoms with van der Waals surface area (Å²) in [7, 11) is 0. The third-order valence-electron chi connectivity index (χ3n) is 31.3. The van der Waals surface area contributed by atoms with Gasteiger partial charge in [-0.3, -0.25) is 0 Å². The second-order valence-electron chi connectivity index (χ2n) is 37.7. The van der Waals surface area contributed by atoms with Gasteiger partial charge in [-0.2, -0.15) is 0 Å². The topological polar surface area (TPSA) is 6.48 Å². The predicted molar refractivity (Wildman–Crippen MR) is 570 cm³/mol. The maximum Gasteiger partial charge on any atom is 0.0726 e. The minimum absolute atomic E-state index is 0.536. The van der Waals surface area contributed by atoms with E-state index in [1.807, 2.05) is 0 Å². The zero-order valence-electron chi connectivity index (χ0n) is 75.7. The number of benzene rings is 22. The van der Waals surface area contributed by atoms with Crippen molar-refractivity contribution < 1.29 is 0 Å². The zero-order valence-corrected chi connectivity index (χ0v) is 75.7. The fourth-order valence-corrected chi connectivity index (χ4v) is 25.8. The lowest BCUT2D eigenvalue weighted by molar-refractivity contribution is 0.768. The van der Waals surface area contributed by atoms with Gasteiger partial charge < -0.3 is 9.80 Å². The lowest BCUT2D eigenvalue weighted by Gasteiger charge is -2.34. The Balaban J connectivity index is 0.581. The van der Waals surface area contributed by atoms with Crippen LogP contribution in [0, 0.1) is 0 Å². The Morgan fingerprint density at radius 2 is 0.348 bits per heavy atom. The van der Waals surface area contributed by atoms with Gasteiger partial charge in [0.2, 0.25) is 0 Å². The Labute approximate surface area is 805 Å². The van der Waals surface area contributed by atoms with E-state index in [2.05, 4.69) is 544 Å². The smallest absolute Gasteiger partial charge is 0.0726 e. The Morgan fingerprint density at radius 3 is 0.754 bits per heavy atom. The Morgan fingerprint density at radius 1 is 0.116 bits per heavy atom. The van der Waals surface area contributed by atoms with Crippen LogP contribution in [-0.4, -0.2) is 0 Å². The van der Waals surface area contributed by atoms with E-state index in [1.165, 1.54) is 189 Å². The maximum absolute atomic E-state index is 2.56. The minimum atomic E-state index is -0.701. The molecule has 0 heterocycles. The molecular weight excluding hydrogens is 1660 g/mol. The summed E-state index contributed by atoms with van der Waals surface area (Å²) in [5, 5.41) is 0. The van der Waals surface area contributed by atoms with Crippen molar-refractivity contribution in [1.82, 2.24) is 0 Å². The number of rotatable bonds is 15. The van der Waals surface area contributed by atoms with Crippen LogP contribution < -0.4 is 9.80 Å². The van der Waals surface area contributed by atoms with Gasteiger partial charge in [0.15, 0.2) is 0 Å². The Hall–Kier alpha value is -17.6. The molecule has 2 nitrogen and oxygen atoms in total. The second kappa shape index (κ2) is 31.0. The summed E-state index contributed by atoms with van der Waals surface area (Å²) in [6.07, 6.45) is 0. The van der Waals surface area contributed by atoms with Crippen molar-refractivity contribution in [3.05, 3.63) is 623 Å². The molecule has 0 amide bonds. The Bertz CT molecular complexity index is 8590. The summed E-state index contributed by atoms with van der Waals surface area (Å²) >= 11 is 0. The molecule has 2 atom stereocenters. The van der Waals surface area contributed by atoms with Gasteiger partial charge in [-0.1, -0.05) is 461 Å². The number of fused-ring (bicyclic) bond motifs is 26. The normalized spacial score (nSPS) is 15.3. The van der Waals surface area contributed by atoms with Crippen LogP contribution in [-0.2, 0) is 21.7 Å². The van der Waals surface area contributed by atoms with E-state index in [0.29, 0.717) is 0 Å². The molecule has 0 fully saturated rings. The summed E-state index contributed by atoms with van der Waals surface area (Å²) in [6.45, 7) is 0. The van der Waals surface area contributed by atoms with E-state index in [4.69, 9.17) is 0 Å². The fraction of sp³-hybridized carbons (Fsp3) is 0.0294. The molecule has 642 valence electrons. The molecule has 22 aromatic rings. The zero-order chi connectivity index (χ0) is 90.8. The highest BCUT2D eigenvalue weighted by atomic mass is 15.2. The lowest BCUT2D eigenvalue weighted by atomic mass is 9.67. The van der Waals surface area contributed by atoms with E-state index < -0.39 is 21.7 Å². The first-order valence-electron chi connectivity index (χ1n) is 48.3. The van der Waals surface area contributed by atoms with Gasteiger partial charge in [-0.05, 0) is 273 Å². The molecule has 0 saturated heterocycles. The monoisotopic (exact) mass is 1750 g/mol. The van der Waals surface area contributed by atoms with E-state index in [0.717, 1.165) is 56.4 Å². The van der Waals surface area contributed by atoms with E-state index in [-0.39, 0.29) is 0 Å². The van der Waals surface area contributed by atoms with Crippen LogP contribution in [0.1, 0.15) is 89.0 Å². The van der Waals surface area contributed by atoms with Crippen LogP contribution in [0.4, 0.5) is 34.1 Å². The van der Waals surface area contributed by atoms with Crippen LogP contribution in [0.2, 0.25) is 0 Å². The van der Waals surface area contributed by atoms with Crippen molar-refractivity contribution in [2.45, 2.75) is 21.7 Å². The number of hydrogen-bond acceptors (Lipinski definition) is 2. The molecule has 138 heavy (non-hydrogen) atoms. The molecule has 0 saturated carbocycles. The van der Waals surface area contributed by atoms with Crippen LogP contribution in [0.3, 0.4) is 0 Å². The molecule has 6 aliphatic rings. The molecule has 0 aromatic heterocycles. The van der Waals surface area contributed by atoms with E-state index in [9.17, 15) is 0 Å². The average Bonchev–Trinajstić information content (AvgIpc) is 1.50. The molecule has 0 bridgehead atoms. The van der Waals surface area contributed by atoms with Gasteiger partial charge in [0, 0.05) is 33.9 Å². The van der Waals surface area contributed by atoms with Crippen molar-refractivity contribution in [2.75, 3.05) is 9.80 Å². The quantitative estimate of drug-likeness (QED) is 0.101. The number of hydrogen-bond donors (Lipinski definition) is 0. The highest BCUT2D eigenvalue weighted by Gasteiger charge is 2.56. The first kappa shape index (κ1) is 79.0. The van der Waals surface area contributed by atoms with E-state index >= 15 is 0 Å². The summed E-state index contributed by atoms with van der Waals surface area (Å²) in [5.74, 6) is 0. The van der Waals surface area contributed by atoms with Gasteiger partial charge in [0.1, 0.15) is 0 Å². The summed E-state index contributed by atoms with van der Waals surface area (Å²) in [5.41, 5.74) is 51.1. The van der Waals surface area contributed by atoms with Crippen LogP contribution >= 0.6 is 0 Å². The molecular formula is C136H88N2. The molecule has 0 radical (unpaired) electrons. The average molecular weight is 1750 g/mol. The van der Waals surface area contributed by atoms with Crippen molar-refractivity contribution in [3.8, 4) is 122 Å². The molecule has 0 aliphatic heterocycles. The molecule has 2 unspecified atom stereocenters. The van der Waals surface area contributed by atoms with Gasteiger partial charge in [-0.25, -0.2) is 0 Å². The fourth-order valence-electron chi connectivity index (χ4n) is 25.8. The standard InChI is InChI=1S/C136H88N2/c1-6-35-89(36-7-1)94-39-32-40-95(85-94)91-69-76-101(77-70-91)137(103-80-83-124-115(87-103)110-52-20-25-56-117(110)133(124,97-41-10-3-11-42-97)98-43-12-4-13-44-98)130-66-34-64-128-132(130)113-55-24-31-62-123(113)136(128)121-60-29-22-51-109(121)114-86-96(73-82-126(114)136)90-67-74-100(75-68-90)134(99-45-14-5-15-46-99)118-57-26-21-53-111(118)116-88-104(81-84-125(116)134)138(102-78-71-93(72-79-102)106-48-17-16-47-105(106)92-37-8-2-9-38-92)129-65-33-63-127-131(129)112-54-23-30-61-122(112)135(127)119-58-27-18-49-107(119)108-50-19-28-59-120(108)135/h1-88H. The molecule has 28 rings (SSSR count). The third-order valence-corrected chi connectivity index (χ3v) is 31.3. The van der Waals surface area contributed by atoms with Crippen molar-refractivity contribution in [3.63, 3.8) is 0 Å². The SMILES string of the molecule is c1ccc(-c2cccc(-c3ccc(N(c4ccc5c(c4)-c4ccccc4C5(c4ccccc4)c4ccccc4)c4cccc5c4-c4ccccc4C54c5ccccc5-c5cc(-c6ccc(C7(c8ccccc8)c8ccccc8-c8cc(N(c9ccc(-c%10ccccc%10-c%10ccccc%10)cc9)c9cccc%10c9-c9ccccc9C%109c%10ccccc%10-c%10ccccc%109)ccc87)cc6)ccc54)cc3)c2)cc1. The molecule has 6 aliphatic carbocycles. The van der Waals surface area contributed by atoms with Crippen LogP contribution in [0.25, 0.3) is 122 Å². The van der Waals surface area contributed by atoms with Crippen LogP contribution in [0.15, 0.2) is 534 Å². The first-order valence-corrected chi connectivity index (χ1v) is 48.3. The minimum Gasteiger partial charge on any atom is -0.310 e. The molecule has 0 N–H and O–H groups in total. The summed E-state index contributed by atoms with van der Waals surface area (Å²) in [6, 6.07) is 202. The largest absolute Gasteiger partial charge is 0.310 e. The van der Waals surface area contributed by atoms with Gasteiger partial charge >= 0.3 is 0 Å². The lowest BCUT2D eigenvalue weighted by Crippen LogP contribution is -2.28. The van der Waals surface area contributed by atoms with Gasteiger partial charge in [0.05, 0.1) is 33.0 Å². The second-order valence-corrected chi connectivity index (χ2v) is 37.7. The highest BCUT2D eigenvalue weighted by Crippen LogP contribution is 2.69. The summed E-state index contributed by atoms with van der Waals surface area (Å²) in [4.78, 5) is 5.12. The third kappa shape index (κ3) is 11.2. The van der Waals surface area contributed by atoms with Gasteiger partial charge in [0.25, 0.3) is 0 Å². The summed E-state index contributed by atoms with van der Waals surface area (Å²) < 4.78 is 0. The molecule has 2 spiro atoms. The van der Waals surface area contributed by atoms with E-state index in [1.54, 1.807) is 0 Å². The maximum atomic E-state index is 2.56. The van der Waals surface area contributed by atoms with Crippen molar-refractivity contribution >= 4 is 34.1 Å².